The van der Waals surface area contributed by atoms with Crippen LogP contribution in [0, 0.1) is 5.92 Å². The van der Waals surface area contributed by atoms with Crippen LogP contribution in [0.2, 0.25) is 0 Å². The van der Waals surface area contributed by atoms with Crippen LogP contribution in [0.15, 0.2) is 30.3 Å². The summed E-state index contributed by atoms with van der Waals surface area (Å²) in [6.07, 6.45) is 5.19. The summed E-state index contributed by atoms with van der Waals surface area (Å²) in [5.74, 6) is 0.663. The molecule has 3 atom stereocenters. The number of hydrogen-bond acceptors (Lipinski definition) is 4. The van der Waals surface area contributed by atoms with E-state index in [9.17, 15) is 4.79 Å². The third kappa shape index (κ3) is 3.31. The fraction of sp³-hybridized carbons (Fsp3) is 0.562. The molecule has 1 N–H and O–H groups in total. The number of nitrogens with one attached hydrogen (secondary N) is 1. The van der Waals surface area contributed by atoms with Crippen molar-refractivity contribution in [2.24, 2.45) is 5.92 Å². The van der Waals surface area contributed by atoms with Crippen molar-refractivity contribution in [2.75, 3.05) is 0 Å². The Morgan fingerprint density at radius 3 is 2.80 bits per heavy atom. The van der Waals surface area contributed by atoms with Crippen LogP contribution in [0.4, 0.5) is 4.79 Å². The van der Waals surface area contributed by atoms with E-state index in [4.69, 9.17) is 9.47 Å². The number of fused-ring (bicyclic) bond motifs is 1. The van der Waals surface area contributed by atoms with E-state index in [1.165, 1.54) is 25.7 Å². The van der Waals surface area contributed by atoms with Gasteiger partial charge in [0.25, 0.3) is 0 Å². The molecular formula is C16H21NO3. The van der Waals surface area contributed by atoms with Crippen molar-refractivity contribution < 1.29 is 14.3 Å². The van der Waals surface area contributed by atoms with Gasteiger partial charge in [0.05, 0.1) is 0 Å². The molecule has 0 bridgehead atoms. The maximum absolute atomic E-state index is 11.7. The summed E-state index contributed by atoms with van der Waals surface area (Å²) in [6.45, 7) is 0.263. The summed E-state index contributed by atoms with van der Waals surface area (Å²) in [5, 5.41) is 3.40. The lowest BCUT2D eigenvalue weighted by Gasteiger charge is -2.23. The average Bonchev–Trinajstić information content (AvgIpc) is 2.88. The standard InChI is InChI=1S/C16H21NO3/c18-16(19-11-12-6-2-1-3-7-12)20-15-10-13-8-4-5-9-14(13)17-15/h1-3,6-7,13-15,17H,4-5,8-11H2/t13-,14-,15+/m1/s1. The molecule has 1 saturated carbocycles. The zero-order chi connectivity index (χ0) is 13.8. The second-order valence-corrected chi connectivity index (χ2v) is 5.68. The fourth-order valence-electron chi connectivity index (χ4n) is 3.24. The van der Waals surface area contributed by atoms with Gasteiger partial charge in [0.1, 0.15) is 6.61 Å². The van der Waals surface area contributed by atoms with Crippen molar-refractivity contribution in [3.8, 4) is 0 Å². The maximum Gasteiger partial charge on any atom is 0.510 e. The molecule has 1 saturated heterocycles. The molecule has 2 fully saturated rings. The first-order valence-corrected chi connectivity index (χ1v) is 7.44. The van der Waals surface area contributed by atoms with Gasteiger partial charge in [-0.05, 0) is 24.3 Å². The third-order valence-corrected chi connectivity index (χ3v) is 4.26. The Morgan fingerprint density at radius 2 is 2.00 bits per heavy atom. The van der Waals surface area contributed by atoms with Gasteiger partial charge in [-0.3, -0.25) is 5.32 Å². The minimum atomic E-state index is -0.579. The Labute approximate surface area is 119 Å². The van der Waals surface area contributed by atoms with E-state index in [0.29, 0.717) is 12.0 Å². The van der Waals surface area contributed by atoms with E-state index < -0.39 is 6.16 Å². The Hall–Kier alpha value is -1.55. The number of carbonyl (C=O) groups is 1. The lowest BCUT2D eigenvalue weighted by Crippen LogP contribution is -2.35. The highest BCUT2D eigenvalue weighted by Gasteiger charge is 2.37. The van der Waals surface area contributed by atoms with Gasteiger partial charge in [0.15, 0.2) is 6.23 Å². The topological polar surface area (TPSA) is 47.6 Å². The van der Waals surface area contributed by atoms with E-state index in [1.807, 2.05) is 30.3 Å². The number of rotatable bonds is 3. The van der Waals surface area contributed by atoms with Crippen LogP contribution >= 0.6 is 0 Å². The predicted molar refractivity (Wildman–Crippen MR) is 75.0 cm³/mol. The number of benzene rings is 1. The monoisotopic (exact) mass is 275 g/mol. The van der Waals surface area contributed by atoms with Crippen LogP contribution in [0.1, 0.15) is 37.7 Å². The molecule has 108 valence electrons. The largest absolute Gasteiger partial charge is 0.510 e. The van der Waals surface area contributed by atoms with E-state index in [2.05, 4.69) is 5.32 Å². The number of ether oxygens (including phenoxy) is 2. The van der Waals surface area contributed by atoms with Crippen molar-refractivity contribution in [3.05, 3.63) is 35.9 Å². The summed E-state index contributed by atoms with van der Waals surface area (Å²) >= 11 is 0. The summed E-state index contributed by atoms with van der Waals surface area (Å²) in [5.41, 5.74) is 0.970. The molecule has 3 rings (SSSR count). The van der Waals surface area contributed by atoms with E-state index in [0.717, 1.165) is 12.0 Å². The zero-order valence-electron chi connectivity index (χ0n) is 11.6. The summed E-state index contributed by atoms with van der Waals surface area (Å²) in [6, 6.07) is 10.2. The van der Waals surface area contributed by atoms with Gasteiger partial charge in [0.2, 0.25) is 0 Å². The fourth-order valence-corrected chi connectivity index (χ4v) is 3.24. The Balaban J connectivity index is 1.43. The minimum Gasteiger partial charge on any atom is -0.429 e. The lowest BCUT2D eigenvalue weighted by molar-refractivity contribution is 0.0123. The third-order valence-electron chi connectivity index (χ3n) is 4.26. The quantitative estimate of drug-likeness (QED) is 0.860. The van der Waals surface area contributed by atoms with Gasteiger partial charge in [-0.1, -0.05) is 43.2 Å². The Morgan fingerprint density at radius 1 is 1.20 bits per heavy atom. The molecule has 1 aliphatic heterocycles. The van der Waals surface area contributed by atoms with Gasteiger partial charge in [-0.25, -0.2) is 4.79 Å². The molecule has 0 unspecified atom stereocenters. The zero-order valence-corrected chi connectivity index (χ0v) is 11.6. The second-order valence-electron chi connectivity index (χ2n) is 5.68. The minimum absolute atomic E-state index is 0.175. The average molecular weight is 275 g/mol. The molecule has 1 heterocycles. The molecular weight excluding hydrogens is 254 g/mol. The first kappa shape index (κ1) is 13.4. The first-order valence-electron chi connectivity index (χ1n) is 7.44. The van der Waals surface area contributed by atoms with Crippen molar-refractivity contribution in [1.82, 2.24) is 5.32 Å². The SMILES string of the molecule is O=C(OCc1ccccc1)O[C@H]1C[C@H]2CCCC[C@H]2N1. The molecule has 20 heavy (non-hydrogen) atoms. The number of carbonyl (C=O) groups excluding carboxylic acids is 1. The maximum atomic E-state index is 11.7. The van der Waals surface area contributed by atoms with Crippen LogP contribution in [0.25, 0.3) is 0 Å². The normalized spacial score (nSPS) is 28.7. The molecule has 1 aromatic rings. The molecule has 4 heteroatoms. The van der Waals surface area contributed by atoms with Crippen molar-refractivity contribution in [2.45, 2.75) is 51.0 Å². The van der Waals surface area contributed by atoms with E-state index in [1.54, 1.807) is 0 Å². The van der Waals surface area contributed by atoms with Crippen molar-refractivity contribution in [3.63, 3.8) is 0 Å². The molecule has 2 aliphatic rings. The molecule has 0 spiro atoms. The van der Waals surface area contributed by atoms with Gasteiger partial charge in [-0.2, -0.15) is 0 Å². The Bertz CT molecular complexity index is 434. The highest BCUT2D eigenvalue weighted by atomic mass is 16.7. The molecule has 1 aromatic carbocycles. The van der Waals surface area contributed by atoms with Crippen LogP contribution in [0.3, 0.4) is 0 Å². The van der Waals surface area contributed by atoms with Gasteiger partial charge >= 0.3 is 6.16 Å². The van der Waals surface area contributed by atoms with Crippen LogP contribution in [-0.4, -0.2) is 18.4 Å². The number of hydrogen-bond donors (Lipinski definition) is 1. The van der Waals surface area contributed by atoms with Crippen LogP contribution in [0.5, 0.6) is 0 Å². The van der Waals surface area contributed by atoms with Crippen LogP contribution in [-0.2, 0) is 16.1 Å². The highest BCUT2D eigenvalue weighted by Crippen LogP contribution is 2.33. The summed E-state index contributed by atoms with van der Waals surface area (Å²) in [4.78, 5) is 11.7. The van der Waals surface area contributed by atoms with Gasteiger partial charge in [-0.15, -0.1) is 0 Å². The van der Waals surface area contributed by atoms with E-state index >= 15 is 0 Å². The Kier molecular flexibility index (Phi) is 4.21. The predicted octanol–water partition coefficient (Wildman–Crippen LogP) is 3.22. The van der Waals surface area contributed by atoms with Crippen molar-refractivity contribution >= 4 is 6.16 Å². The smallest absolute Gasteiger partial charge is 0.429 e. The second kappa shape index (κ2) is 6.27. The van der Waals surface area contributed by atoms with E-state index in [-0.39, 0.29) is 12.8 Å². The van der Waals surface area contributed by atoms with Crippen LogP contribution < -0.4 is 5.32 Å². The molecule has 0 aromatic heterocycles. The summed E-state index contributed by atoms with van der Waals surface area (Å²) < 4.78 is 10.5. The van der Waals surface area contributed by atoms with Gasteiger partial charge < -0.3 is 9.47 Å². The van der Waals surface area contributed by atoms with Gasteiger partial charge in [0, 0.05) is 12.5 Å². The summed E-state index contributed by atoms with van der Waals surface area (Å²) in [7, 11) is 0. The first-order chi connectivity index (χ1) is 9.81. The molecule has 0 radical (unpaired) electrons. The molecule has 4 nitrogen and oxygen atoms in total. The molecule has 1 aliphatic carbocycles. The van der Waals surface area contributed by atoms with Crippen molar-refractivity contribution in [1.29, 1.82) is 0 Å². The molecule has 0 amide bonds. The highest BCUT2D eigenvalue weighted by molar-refractivity contribution is 5.60. The lowest BCUT2D eigenvalue weighted by atomic mass is 9.85.